The first-order chi connectivity index (χ1) is 12.9. The van der Waals surface area contributed by atoms with Crippen LogP contribution in [0, 0.1) is 0 Å². The first-order valence-electron chi connectivity index (χ1n) is 8.32. The third-order valence-electron chi connectivity index (χ3n) is 3.56. The van der Waals surface area contributed by atoms with Crippen LogP contribution in [0.5, 0.6) is 5.75 Å². The Bertz CT molecular complexity index is 771. The van der Waals surface area contributed by atoms with Crippen LogP contribution in [0.3, 0.4) is 0 Å². The largest absolute Gasteiger partial charge is 0.492 e. The van der Waals surface area contributed by atoms with Gasteiger partial charge in [0.25, 0.3) is 0 Å². The molecule has 2 N–H and O–H groups in total. The van der Waals surface area contributed by atoms with Gasteiger partial charge >= 0.3 is 0 Å². The van der Waals surface area contributed by atoms with Crippen LogP contribution in [0.1, 0.15) is 0 Å². The Hall–Kier alpha value is -2.09. The Morgan fingerprint density at radius 3 is 2.52 bits per heavy atom. The fourth-order valence-electron chi connectivity index (χ4n) is 2.17. The van der Waals surface area contributed by atoms with Crippen molar-refractivity contribution in [1.29, 1.82) is 0 Å². The quantitative estimate of drug-likeness (QED) is 0.611. The van der Waals surface area contributed by atoms with Crippen LogP contribution < -0.4 is 15.4 Å². The number of nitrogens with zero attached hydrogens (tertiary/aromatic N) is 1. The van der Waals surface area contributed by atoms with E-state index in [-0.39, 0.29) is 24.9 Å². The minimum Gasteiger partial charge on any atom is -0.492 e. The van der Waals surface area contributed by atoms with Crippen molar-refractivity contribution in [3.05, 3.63) is 58.0 Å². The molecule has 0 bridgehead atoms. The number of hydrogen-bond donors (Lipinski definition) is 2. The topological polar surface area (TPSA) is 70.7 Å². The first kappa shape index (κ1) is 21.2. The van der Waals surface area contributed by atoms with Crippen LogP contribution in [-0.4, -0.2) is 50.0 Å². The Labute approximate surface area is 172 Å². The molecule has 2 amide bonds. The second kappa shape index (κ2) is 10.9. The van der Waals surface area contributed by atoms with Crippen molar-refractivity contribution in [2.45, 2.75) is 0 Å². The average molecular weight is 455 g/mol. The number of benzene rings is 2. The van der Waals surface area contributed by atoms with Crippen LogP contribution in [0.4, 0.5) is 5.69 Å². The number of likely N-dealkylation sites (N-methyl/N-ethyl adjacent to an activating group) is 1. The van der Waals surface area contributed by atoms with Crippen LogP contribution in [0.15, 0.2) is 53.0 Å². The molecule has 0 radical (unpaired) electrons. The van der Waals surface area contributed by atoms with Gasteiger partial charge in [0.1, 0.15) is 12.4 Å². The predicted molar refractivity (Wildman–Crippen MR) is 110 cm³/mol. The minimum atomic E-state index is -0.288. The second-order valence-corrected chi connectivity index (χ2v) is 7.14. The van der Waals surface area contributed by atoms with Crippen molar-refractivity contribution < 1.29 is 14.3 Å². The summed E-state index contributed by atoms with van der Waals surface area (Å²) in [5.74, 6) is 0.205. The van der Waals surface area contributed by atoms with Gasteiger partial charge in [0.2, 0.25) is 11.8 Å². The van der Waals surface area contributed by atoms with Crippen molar-refractivity contribution in [1.82, 2.24) is 10.2 Å². The molecule has 0 spiro atoms. The number of para-hydroxylation sites is 1. The second-order valence-electron chi connectivity index (χ2n) is 5.84. The normalized spacial score (nSPS) is 10.5. The van der Waals surface area contributed by atoms with Gasteiger partial charge in [-0.3, -0.25) is 14.5 Å². The molecule has 0 saturated heterocycles. The highest BCUT2D eigenvalue weighted by molar-refractivity contribution is 9.10. The standard InChI is InChI=1S/C19H21BrClN3O3/c1-24(10-11-27-15-8-6-14(21)7-9-15)13-19(26)22-12-18(25)23-17-5-3-2-4-16(17)20/h2-9H,10-13H2,1H3,(H,22,26)(H,23,25). The highest BCUT2D eigenvalue weighted by Crippen LogP contribution is 2.20. The molecular formula is C19H21BrClN3O3. The van der Waals surface area contributed by atoms with Gasteiger partial charge in [-0.25, -0.2) is 0 Å². The molecule has 0 fully saturated rings. The van der Waals surface area contributed by atoms with E-state index in [2.05, 4.69) is 26.6 Å². The molecule has 0 saturated carbocycles. The number of hydrogen-bond acceptors (Lipinski definition) is 4. The molecule has 0 atom stereocenters. The molecule has 0 aliphatic carbocycles. The van der Waals surface area contributed by atoms with Gasteiger partial charge in [0.15, 0.2) is 0 Å². The van der Waals surface area contributed by atoms with Gasteiger partial charge < -0.3 is 15.4 Å². The lowest BCUT2D eigenvalue weighted by Crippen LogP contribution is -2.40. The molecule has 0 aliphatic heterocycles. The molecule has 8 heteroatoms. The van der Waals surface area contributed by atoms with Crippen molar-refractivity contribution in [2.75, 3.05) is 38.6 Å². The maximum Gasteiger partial charge on any atom is 0.243 e. The van der Waals surface area contributed by atoms with E-state index in [9.17, 15) is 9.59 Å². The number of rotatable bonds is 9. The summed E-state index contributed by atoms with van der Waals surface area (Å²) < 4.78 is 6.37. The third kappa shape index (κ3) is 7.99. The molecule has 2 aromatic carbocycles. The Balaban J connectivity index is 1.63. The number of anilines is 1. The lowest BCUT2D eigenvalue weighted by molar-refractivity contribution is -0.124. The van der Waals surface area contributed by atoms with E-state index in [0.717, 1.165) is 10.2 Å². The Kier molecular flexibility index (Phi) is 8.57. The van der Waals surface area contributed by atoms with E-state index in [1.807, 2.05) is 30.1 Å². The molecule has 27 heavy (non-hydrogen) atoms. The smallest absolute Gasteiger partial charge is 0.243 e. The van der Waals surface area contributed by atoms with E-state index < -0.39 is 0 Å². The number of halogens is 2. The molecule has 2 aromatic rings. The summed E-state index contributed by atoms with van der Waals surface area (Å²) >= 11 is 9.17. The summed E-state index contributed by atoms with van der Waals surface area (Å²) in [5.41, 5.74) is 0.660. The predicted octanol–water partition coefficient (Wildman–Crippen LogP) is 3.17. The number of amides is 2. The van der Waals surface area contributed by atoms with Crippen molar-refractivity contribution in [3.63, 3.8) is 0 Å². The van der Waals surface area contributed by atoms with E-state index in [1.54, 1.807) is 30.3 Å². The lowest BCUT2D eigenvalue weighted by atomic mass is 10.3. The number of carbonyl (C=O) groups excluding carboxylic acids is 2. The monoisotopic (exact) mass is 453 g/mol. The summed E-state index contributed by atoms with van der Waals surface area (Å²) in [6, 6.07) is 14.4. The fraction of sp³-hybridized carbons (Fsp3) is 0.263. The summed E-state index contributed by atoms with van der Waals surface area (Å²) in [5, 5.41) is 5.99. The van der Waals surface area contributed by atoms with E-state index in [4.69, 9.17) is 16.3 Å². The van der Waals surface area contributed by atoms with Crippen LogP contribution in [-0.2, 0) is 9.59 Å². The summed E-state index contributed by atoms with van der Waals surface area (Å²) in [7, 11) is 1.81. The summed E-state index contributed by atoms with van der Waals surface area (Å²) in [4.78, 5) is 25.7. The van der Waals surface area contributed by atoms with Gasteiger partial charge in [0, 0.05) is 16.0 Å². The average Bonchev–Trinajstić information content (AvgIpc) is 2.63. The number of ether oxygens (including phenoxy) is 1. The van der Waals surface area contributed by atoms with Gasteiger partial charge in [-0.05, 0) is 59.4 Å². The zero-order valence-corrected chi connectivity index (χ0v) is 17.2. The highest BCUT2D eigenvalue weighted by Gasteiger charge is 2.10. The van der Waals surface area contributed by atoms with Gasteiger partial charge in [-0.2, -0.15) is 0 Å². The first-order valence-corrected chi connectivity index (χ1v) is 9.49. The lowest BCUT2D eigenvalue weighted by Gasteiger charge is -2.16. The van der Waals surface area contributed by atoms with Crippen molar-refractivity contribution >= 4 is 45.0 Å². The fourth-order valence-corrected chi connectivity index (χ4v) is 2.68. The molecule has 6 nitrogen and oxygen atoms in total. The SMILES string of the molecule is CN(CCOc1ccc(Cl)cc1)CC(=O)NCC(=O)Nc1ccccc1Br. The molecular weight excluding hydrogens is 434 g/mol. The van der Waals surface area contributed by atoms with Crippen molar-refractivity contribution in [3.8, 4) is 5.75 Å². The maximum absolute atomic E-state index is 12.0. The van der Waals surface area contributed by atoms with Crippen LogP contribution >= 0.6 is 27.5 Å². The molecule has 0 heterocycles. The summed E-state index contributed by atoms with van der Waals surface area (Å²) in [6.45, 7) is 1.09. The number of nitrogens with one attached hydrogen (secondary N) is 2. The zero-order chi connectivity index (χ0) is 19.6. The van der Waals surface area contributed by atoms with E-state index in [0.29, 0.717) is 23.9 Å². The zero-order valence-electron chi connectivity index (χ0n) is 14.9. The molecule has 0 unspecified atom stereocenters. The minimum absolute atomic E-state index is 0.0880. The van der Waals surface area contributed by atoms with Gasteiger partial charge in [0.05, 0.1) is 18.8 Å². The maximum atomic E-state index is 12.0. The third-order valence-corrected chi connectivity index (χ3v) is 4.51. The Morgan fingerprint density at radius 2 is 1.81 bits per heavy atom. The van der Waals surface area contributed by atoms with Gasteiger partial charge in [-0.15, -0.1) is 0 Å². The molecule has 144 valence electrons. The Morgan fingerprint density at radius 1 is 1.11 bits per heavy atom. The number of carbonyl (C=O) groups is 2. The van der Waals surface area contributed by atoms with Gasteiger partial charge in [-0.1, -0.05) is 23.7 Å². The van der Waals surface area contributed by atoms with Crippen LogP contribution in [0.25, 0.3) is 0 Å². The molecule has 2 rings (SSSR count). The van der Waals surface area contributed by atoms with E-state index >= 15 is 0 Å². The van der Waals surface area contributed by atoms with Crippen molar-refractivity contribution in [2.24, 2.45) is 0 Å². The highest BCUT2D eigenvalue weighted by atomic mass is 79.9. The molecule has 0 aliphatic rings. The summed E-state index contributed by atoms with van der Waals surface area (Å²) in [6.07, 6.45) is 0. The van der Waals surface area contributed by atoms with E-state index in [1.165, 1.54) is 0 Å². The van der Waals surface area contributed by atoms with Crippen LogP contribution in [0.2, 0.25) is 5.02 Å². The molecule has 0 aromatic heterocycles.